The maximum Gasteiger partial charge on any atom is 0.325 e. The average molecular weight is 164 g/mol. The number of aliphatic carboxylic acids is 1. The standard InChI is InChI=1S/C4H5N3O2.ClH/c8-4(9)1-7-3-5-2-6-7;/h2-3H,1H2,(H,8,9);1H. The van der Waals surface area contributed by atoms with Crippen LogP contribution < -0.4 is 0 Å². The molecule has 1 aromatic heterocycles. The number of aromatic nitrogens is 3. The third-order valence-electron chi connectivity index (χ3n) is 0.764. The van der Waals surface area contributed by atoms with Gasteiger partial charge in [0.25, 0.3) is 0 Å². The van der Waals surface area contributed by atoms with Crippen molar-refractivity contribution in [3.05, 3.63) is 12.7 Å². The number of halogens is 1. The lowest BCUT2D eigenvalue weighted by molar-refractivity contribution is -0.137. The minimum absolute atomic E-state index is 0. The molecule has 0 spiro atoms. The third-order valence-corrected chi connectivity index (χ3v) is 0.764. The van der Waals surface area contributed by atoms with Crippen LogP contribution in [-0.2, 0) is 11.3 Å². The van der Waals surface area contributed by atoms with Gasteiger partial charge in [0.05, 0.1) is 0 Å². The summed E-state index contributed by atoms with van der Waals surface area (Å²) in [6.07, 6.45) is 2.65. The number of nitrogens with zero attached hydrogens (tertiary/aromatic N) is 3. The van der Waals surface area contributed by atoms with Crippen LogP contribution in [0.5, 0.6) is 0 Å². The Balaban J connectivity index is 0.000000810. The largest absolute Gasteiger partial charge is 0.480 e. The summed E-state index contributed by atoms with van der Waals surface area (Å²) in [6.45, 7) is -0.125. The molecule has 0 saturated carbocycles. The maximum absolute atomic E-state index is 9.98. The van der Waals surface area contributed by atoms with Crippen molar-refractivity contribution in [2.24, 2.45) is 0 Å². The molecule has 0 aromatic carbocycles. The van der Waals surface area contributed by atoms with Crippen LogP contribution >= 0.6 is 12.4 Å². The molecule has 1 N–H and O–H groups in total. The van der Waals surface area contributed by atoms with E-state index >= 15 is 0 Å². The molecule has 0 aliphatic carbocycles. The van der Waals surface area contributed by atoms with E-state index in [1.807, 2.05) is 0 Å². The number of carbonyl (C=O) groups is 1. The molecule has 0 amide bonds. The molecule has 56 valence electrons. The summed E-state index contributed by atoms with van der Waals surface area (Å²) in [5, 5.41) is 11.8. The molecule has 0 aliphatic rings. The van der Waals surface area contributed by atoms with E-state index < -0.39 is 5.97 Å². The van der Waals surface area contributed by atoms with E-state index in [-0.39, 0.29) is 19.0 Å². The Morgan fingerprint density at radius 3 is 2.80 bits per heavy atom. The quantitative estimate of drug-likeness (QED) is 0.655. The zero-order valence-corrected chi connectivity index (χ0v) is 5.78. The molecular formula is C4H6ClN3O2. The summed E-state index contributed by atoms with van der Waals surface area (Å²) in [6, 6.07) is 0. The molecule has 6 heteroatoms. The fraction of sp³-hybridized carbons (Fsp3) is 0.250. The molecule has 0 fully saturated rings. The molecule has 1 heterocycles. The molecular weight excluding hydrogens is 158 g/mol. The van der Waals surface area contributed by atoms with E-state index in [1.54, 1.807) is 0 Å². The highest BCUT2D eigenvalue weighted by atomic mass is 35.5. The van der Waals surface area contributed by atoms with E-state index in [4.69, 9.17) is 5.11 Å². The van der Waals surface area contributed by atoms with Crippen molar-refractivity contribution in [3.8, 4) is 0 Å². The second-order valence-electron chi connectivity index (χ2n) is 1.49. The van der Waals surface area contributed by atoms with Crippen molar-refractivity contribution in [2.75, 3.05) is 0 Å². The molecule has 0 radical (unpaired) electrons. The monoisotopic (exact) mass is 163 g/mol. The topological polar surface area (TPSA) is 68.0 Å². The normalized spacial score (nSPS) is 8.40. The average Bonchev–Trinajstić information content (AvgIpc) is 2.15. The molecule has 1 rings (SSSR count). The van der Waals surface area contributed by atoms with Gasteiger partial charge in [-0.05, 0) is 0 Å². The minimum atomic E-state index is -0.916. The lowest BCUT2D eigenvalue weighted by Gasteiger charge is -1.89. The zero-order valence-electron chi connectivity index (χ0n) is 4.97. The fourth-order valence-corrected chi connectivity index (χ4v) is 0.453. The summed E-state index contributed by atoms with van der Waals surface area (Å²) >= 11 is 0. The van der Waals surface area contributed by atoms with E-state index in [9.17, 15) is 4.79 Å². The predicted octanol–water partition coefficient (Wildman–Crippen LogP) is -0.216. The van der Waals surface area contributed by atoms with E-state index in [2.05, 4.69) is 10.1 Å². The van der Waals surface area contributed by atoms with Crippen LogP contribution in [0.4, 0.5) is 0 Å². The molecule has 0 atom stereocenters. The Kier molecular flexibility index (Phi) is 3.42. The molecule has 0 bridgehead atoms. The predicted molar refractivity (Wildman–Crippen MR) is 34.9 cm³/mol. The second-order valence-corrected chi connectivity index (χ2v) is 1.49. The van der Waals surface area contributed by atoms with E-state index in [0.29, 0.717) is 0 Å². The zero-order chi connectivity index (χ0) is 6.69. The van der Waals surface area contributed by atoms with Gasteiger partial charge in [-0.3, -0.25) is 4.79 Å². The number of carboxylic acids is 1. The van der Waals surface area contributed by atoms with Crippen molar-refractivity contribution in [1.29, 1.82) is 0 Å². The highest BCUT2D eigenvalue weighted by molar-refractivity contribution is 5.85. The Labute approximate surface area is 63.1 Å². The fourth-order valence-electron chi connectivity index (χ4n) is 0.453. The third kappa shape index (κ3) is 2.45. The molecule has 5 nitrogen and oxygen atoms in total. The van der Waals surface area contributed by atoms with Crippen LogP contribution in [0.2, 0.25) is 0 Å². The first-order valence-electron chi connectivity index (χ1n) is 2.33. The molecule has 10 heavy (non-hydrogen) atoms. The van der Waals surface area contributed by atoms with Gasteiger partial charge in [0.15, 0.2) is 0 Å². The van der Waals surface area contributed by atoms with Crippen molar-refractivity contribution >= 4 is 18.4 Å². The van der Waals surface area contributed by atoms with Gasteiger partial charge >= 0.3 is 5.97 Å². The second kappa shape index (κ2) is 3.84. The first-order valence-corrected chi connectivity index (χ1v) is 2.33. The number of carboxylic acid groups (broad SMARTS) is 1. The molecule has 0 aliphatic heterocycles. The van der Waals surface area contributed by atoms with E-state index in [1.165, 1.54) is 17.3 Å². The number of rotatable bonds is 2. The van der Waals surface area contributed by atoms with Crippen LogP contribution in [0.3, 0.4) is 0 Å². The van der Waals surface area contributed by atoms with Crippen LogP contribution in [0.1, 0.15) is 0 Å². The van der Waals surface area contributed by atoms with Gasteiger partial charge in [-0.2, -0.15) is 5.10 Å². The minimum Gasteiger partial charge on any atom is -0.480 e. The number of hydrogen-bond donors (Lipinski definition) is 1. The highest BCUT2D eigenvalue weighted by Gasteiger charge is 1.96. The number of hydrogen-bond acceptors (Lipinski definition) is 3. The van der Waals surface area contributed by atoms with Crippen molar-refractivity contribution < 1.29 is 9.90 Å². The van der Waals surface area contributed by atoms with Gasteiger partial charge < -0.3 is 5.11 Å². The summed E-state index contributed by atoms with van der Waals surface area (Å²) in [7, 11) is 0. The van der Waals surface area contributed by atoms with Crippen molar-refractivity contribution in [2.45, 2.75) is 6.54 Å². The van der Waals surface area contributed by atoms with Gasteiger partial charge in [-0.15, -0.1) is 12.4 Å². The van der Waals surface area contributed by atoms with Crippen molar-refractivity contribution in [1.82, 2.24) is 14.8 Å². The summed E-state index contributed by atoms with van der Waals surface area (Å²) < 4.78 is 1.24. The molecule has 0 saturated heterocycles. The van der Waals surface area contributed by atoms with Crippen LogP contribution in [-0.4, -0.2) is 25.8 Å². The van der Waals surface area contributed by atoms with E-state index in [0.717, 1.165) is 0 Å². The van der Waals surface area contributed by atoms with Crippen LogP contribution in [0, 0.1) is 0 Å². The van der Waals surface area contributed by atoms with Gasteiger partial charge in [-0.25, -0.2) is 9.67 Å². The Bertz CT molecular complexity index is 198. The lowest BCUT2D eigenvalue weighted by Crippen LogP contribution is -2.08. The molecule has 1 aromatic rings. The Hall–Kier alpha value is -1.10. The maximum atomic E-state index is 9.98. The first-order chi connectivity index (χ1) is 4.29. The first kappa shape index (κ1) is 8.90. The Morgan fingerprint density at radius 1 is 1.70 bits per heavy atom. The lowest BCUT2D eigenvalue weighted by atomic mass is 10.7. The van der Waals surface area contributed by atoms with Crippen molar-refractivity contribution in [3.63, 3.8) is 0 Å². The van der Waals surface area contributed by atoms with Crippen LogP contribution in [0.25, 0.3) is 0 Å². The van der Waals surface area contributed by atoms with Gasteiger partial charge in [0.2, 0.25) is 0 Å². The van der Waals surface area contributed by atoms with Crippen LogP contribution in [0.15, 0.2) is 12.7 Å². The van der Waals surface area contributed by atoms with Gasteiger partial charge in [-0.1, -0.05) is 0 Å². The van der Waals surface area contributed by atoms with Gasteiger partial charge in [0, 0.05) is 0 Å². The highest BCUT2D eigenvalue weighted by Crippen LogP contribution is 1.77. The summed E-state index contributed by atoms with van der Waals surface area (Å²) in [5.41, 5.74) is 0. The SMILES string of the molecule is Cl.O=C(O)Cn1cncn1. The summed E-state index contributed by atoms with van der Waals surface area (Å²) in [4.78, 5) is 13.5. The smallest absolute Gasteiger partial charge is 0.325 e. The molecule has 0 unspecified atom stereocenters. The summed E-state index contributed by atoms with van der Waals surface area (Å²) in [5.74, 6) is -0.916. The van der Waals surface area contributed by atoms with Gasteiger partial charge in [0.1, 0.15) is 19.2 Å². The Morgan fingerprint density at radius 2 is 2.40 bits per heavy atom.